The molecule has 1 rings (SSSR count). The minimum atomic E-state index is 0.214. The van der Waals surface area contributed by atoms with Gasteiger partial charge in [0, 0.05) is 11.2 Å². The Balaban J connectivity index is 2.17. The maximum absolute atomic E-state index is 11.1. The van der Waals surface area contributed by atoms with Crippen LogP contribution in [0.1, 0.15) is 33.1 Å². The number of carbonyl (C=O) groups excluding carboxylic acids is 1. The van der Waals surface area contributed by atoms with E-state index in [1.165, 1.54) is 19.3 Å². The number of rotatable bonds is 2. The molecular weight excluding hydrogens is 144 g/mol. The van der Waals surface area contributed by atoms with Crippen LogP contribution in [0, 0.1) is 5.92 Å². The van der Waals surface area contributed by atoms with Gasteiger partial charge in [-0.05, 0) is 12.8 Å². The van der Waals surface area contributed by atoms with Gasteiger partial charge in [-0.1, -0.05) is 32.0 Å². The van der Waals surface area contributed by atoms with Gasteiger partial charge in [0.05, 0.1) is 0 Å². The quantitative estimate of drug-likeness (QED) is 0.614. The van der Waals surface area contributed by atoms with Crippen LogP contribution in [0.2, 0.25) is 0 Å². The third kappa shape index (κ3) is 2.01. The van der Waals surface area contributed by atoms with Crippen LogP contribution >= 0.6 is 11.8 Å². The first-order valence-electron chi connectivity index (χ1n) is 3.90. The molecule has 0 saturated heterocycles. The molecule has 1 fully saturated rings. The molecule has 58 valence electrons. The van der Waals surface area contributed by atoms with Crippen molar-refractivity contribution in [1.82, 2.24) is 0 Å². The van der Waals surface area contributed by atoms with Crippen LogP contribution in [0.3, 0.4) is 0 Å². The zero-order valence-electron chi connectivity index (χ0n) is 6.59. The maximum Gasteiger partial charge on any atom is 0.191 e. The molecule has 0 spiro atoms. The molecule has 0 bridgehead atoms. The fourth-order valence-electron chi connectivity index (χ4n) is 0.789. The van der Waals surface area contributed by atoms with Gasteiger partial charge in [-0.25, -0.2) is 0 Å². The van der Waals surface area contributed by atoms with E-state index in [1.807, 2.05) is 13.8 Å². The molecule has 0 heterocycles. The number of thioether (sulfide) groups is 1. The van der Waals surface area contributed by atoms with Crippen LogP contribution in [0.5, 0.6) is 0 Å². The third-order valence-electron chi connectivity index (χ3n) is 1.81. The van der Waals surface area contributed by atoms with Gasteiger partial charge in [-0.2, -0.15) is 0 Å². The molecule has 0 aromatic heterocycles. The predicted molar refractivity (Wildman–Crippen MR) is 45.1 cm³/mol. The lowest BCUT2D eigenvalue weighted by Gasteiger charge is -2.24. The van der Waals surface area contributed by atoms with Crippen molar-refractivity contribution in [2.24, 2.45) is 5.92 Å². The van der Waals surface area contributed by atoms with Crippen molar-refractivity contribution >= 4 is 16.9 Å². The number of hydrogen-bond donors (Lipinski definition) is 0. The molecular formula is C8H14OS. The first-order valence-corrected chi connectivity index (χ1v) is 4.78. The van der Waals surface area contributed by atoms with Crippen LogP contribution in [0.25, 0.3) is 0 Å². The average molecular weight is 158 g/mol. The molecule has 1 aliphatic carbocycles. The summed E-state index contributed by atoms with van der Waals surface area (Å²) >= 11 is 1.56. The number of hydrogen-bond acceptors (Lipinski definition) is 2. The van der Waals surface area contributed by atoms with Crippen molar-refractivity contribution in [3.05, 3.63) is 0 Å². The second-order valence-corrected chi connectivity index (χ2v) is 4.45. The summed E-state index contributed by atoms with van der Waals surface area (Å²) < 4.78 is 0. The summed E-state index contributed by atoms with van der Waals surface area (Å²) in [5.74, 6) is 0.214. The smallest absolute Gasteiger partial charge is 0.191 e. The summed E-state index contributed by atoms with van der Waals surface area (Å²) in [5.41, 5.74) is 0. The van der Waals surface area contributed by atoms with E-state index in [2.05, 4.69) is 0 Å². The highest BCUT2D eigenvalue weighted by atomic mass is 32.2. The fraction of sp³-hybridized carbons (Fsp3) is 0.875. The van der Waals surface area contributed by atoms with E-state index in [1.54, 1.807) is 11.8 Å². The minimum absolute atomic E-state index is 0.214. The molecule has 10 heavy (non-hydrogen) atoms. The van der Waals surface area contributed by atoms with Crippen LogP contribution in [0.15, 0.2) is 0 Å². The van der Waals surface area contributed by atoms with Gasteiger partial charge in [0.15, 0.2) is 5.12 Å². The summed E-state index contributed by atoms with van der Waals surface area (Å²) in [4.78, 5) is 11.1. The topological polar surface area (TPSA) is 17.1 Å². The molecule has 1 aliphatic rings. The monoisotopic (exact) mass is 158 g/mol. The van der Waals surface area contributed by atoms with E-state index >= 15 is 0 Å². The SMILES string of the molecule is CC(C)C(=O)SC1CCC1. The van der Waals surface area contributed by atoms with Gasteiger partial charge in [0.2, 0.25) is 0 Å². The van der Waals surface area contributed by atoms with Gasteiger partial charge in [-0.15, -0.1) is 0 Å². The molecule has 0 N–H and O–H groups in total. The summed E-state index contributed by atoms with van der Waals surface area (Å²) in [5, 5.41) is 1.03. The van der Waals surface area contributed by atoms with Gasteiger partial charge in [0.1, 0.15) is 0 Å². The normalized spacial score (nSPS) is 19.1. The maximum atomic E-state index is 11.1. The molecule has 0 aromatic carbocycles. The Labute approximate surface area is 66.6 Å². The largest absolute Gasteiger partial charge is 0.287 e. The molecule has 0 amide bonds. The summed E-state index contributed by atoms with van der Waals surface area (Å²) in [6.45, 7) is 3.93. The summed E-state index contributed by atoms with van der Waals surface area (Å²) in [6.07, 6.45) is 3.83. The van der Waals surface area contributed by atoms with Crippen molar-refractivity contribution < 1.29 is 4.79 Å². The van der Waals surface area contributed by atoms with E-state index in [9.17, 15) is 4.79 Å². The molecule has 1 nitrogen and oxygen atoms in total. The van der Waals surface area contributed by atoms with Gasteiger partial charge < -0.3 is 0 Å². The Morgan fingerprint density at radius 1 is 1.50 bits per heavy atom. The third-order valence-corrected chi connectivity index (χ3v) is 3.31. The summed E-state index contributed by atoms with van der Waals surface area (Å²) in [7, 11) is 0. The molecule has 2 heteroatoms. The Hall–Kier alpha value is 0.0200. The minimum Gasteiger partial charge on any atom is -0.287 e. The average Bonchev–Trinajstić information content (AvgIpc) is 1.77. The van der Waals surface area contributed by atoms with E-state index in [4.69, 9.17) is 0 Å². The Morgan fingerprint density at radius 3 is 2.40 bits per heavy atom. The van der Waals surface area contributed by atoms with Crippen LogP contribution < -0.4 is 0 Å². The standard InChI is InChI=1S/C8H14OS/c1-6(2)8(9)10-7-4-3-5-7/h6-7H,3-5H2,1-2H3. The van der Waals surface area contributed by atoms with Crippen molar-refractivity contribution in [2.75, 3.05) is 0 Å². The van der Waals surface area contributed by atoms with Crippen LogP contribution in [-0.4, -0.2) is 10.4 Å². The fourth-order valence-corrected chi connectivity index (χ4v) is 1.96. The Bertz CT molecular complexity index is 127. The van der Waals surface area contributed by atoms with Gasteiger partial charge in [-0.3, -0.25) is 4.79 Å². The first kappa shape index (κ1) is 8.12. The van der Waals surface area contributed by atoms with Gasteiger partial charge in [0.25, 0.3) is 0 Å². The van der Waals surface area contributed by atoms with Crippen molar-refractivity contribution in [1.29, 1.82) is 0 Å². The predicted octanol–water partition coefficient (Wildman–Crippen LogP) is 2.45. The highest BCUT2D eigenvalue weighted by Crippen LogP contribution is 2.32. The van der Waals surface area contributed by atoms with Crippen LogP contribution in [0.4, 0.5) is 0 Å². The van der Waals surface area contributed by atoms with E-state index in [-0.39, 0.29) is 5.92 Å². The molecule has 0 atom stereocenters. The molecule has 0 aliphatic heterocycles. The van der Waals surface area contributed by atoms with E-state index < -0.39 is 0 Å². The van der Waals surface area contributed by atoms with Gasteiger partial charge >= 0.3 is 0 Å². The zero-order chi connectivity index (χ0) is 7.56. The molecule has 1 saturated carbocycles. The molecule has 0 aromatic rings. The van der Waals surface area contributed by atoms with Crippen molar-refractivity contribution in [2.45, 2.75) is 38.4 Å². The Morgan fingerprint density at radius 2 is 2.10 bits per heavy atom. The highest BCUT2D eigenvalue weighted by Gasteiger charge is 2.22. The first-order chi connectivity index (χ1) is 4.70. The van der Waals surface area contributed by atoms with Crippen molar-refractivity contribution in [3.8, 4) is 0 Å². The second-order valence-electron chi connectivity index (χ2n) is 3.14. The van der Waals surface area contributed by atoms with E-state index in [0.717, 1.165) is 0 Å². The summed E-state index contributed by atoms with van der Waals surface area (Å²) in [6, 6.07) is 0. The zero-order valence-corrected chi connectivity index (χ0v) is 7.41. The second kappa shape index (κ2) is 3.42. The lowest BCUT2D eigenvalue weighted by Crippen LogP contribution is -2.17. The highest BCUT2D eigenvalue weighted by molar-refractivity contribution is 8.14. The van der Waals surface area contributed by atoms with E-state index in [0.29, 0.717) is 10.4 Å². The van der Waals surface area contributed by atoms with Crippen LogP contribution in [-0.2, 0) is 4.79 Å². The molecule has 0 unspecified atom stereocenters. The lowest BCUT2D eigenvalue weighted by molar-refractivity contribution is -0.113. The van der Waals surface area contributed by atoms with Crippen molar-refractivity contribution in [3.63, 3.8) is 0 Å². The lowest BCUT2D eigenvalue weighted by atomic mass is 10.00. The number of carbonyl (C=O) groups is 1. The Kier molecular flexibility index (Phi) is 2.78. The molecule has 0 radical (unpaired) electrons.